The van der Waals surface area contributed by atoms with Crippen LogP contribution >= 0.6 is 23.2 Å². The summed E-state index contributed by atoms with van der Waals surface area (Å²) in [6, 6.07) is 4.77. The van der Waals surface area contributed by atoms with Crippen LogP contribution in [0.15, 0.2) is 29.8 Å². The largest absolute Gasteiger partial charge is 0.207 e. The van der Waals surface area contributed by atoms with E-state index >= 15 is 0 Å². The highest BCUT2D eigenvalue weighted by atomic mass is 35.5. The minimum absolute atomic E-state index is 0.102. The van der Waals surface area contributed by atoms with Crippen LogP contribution in [0.25, 0.3) is 0 Å². The minimum atomic E-state index is -0.235. The van der Waals surface area contributed by atoms with Crippen LogP contribution in [0, 0.1) is 5.82 Å². The second kappa shape index (κ2) is 4.54. The summed E-state index contributed by atoms with van der Waals surface area (Å²) in [6.45, 7) is 0. The Morgan fingerprint density at radius 2 is 2.20 bits per heavy atom. The molecule has 2 rings (SSSR count). The summed E-state index contributed by atoms with van der Waals surface area (Å²) in [5.41, 5.74) is 1.76. The van der Waals surface area contributed by atoms with Gasteiger partial charge in [-0.2, -0.15) is 0 Å². The molecule has 1 aliphatic carbocycles. The van der Waals surface area contributed by atoms with Gasteiger partial charge in [-0.3, -0.25) is 0 Å². The fraction of sp³-hybridized carbons (Fsp3) is 0.333. The van der Waals surface area contributed by atoms with Crippen LogP contribution in [0.2, 0.25) is 5.02 Å². The monoisotopic (exact) mass is 244 g/mol. The smallest absolute Gasteiger partial charge is 0.128 e. The molecule has 0 nitrogen and oxygen atoms in total. The number of hydrogen-bond acceptors (Lipinski definition) is 0. The van der Waals surface area contributed by atoms with Gasteiger partial charge in [0.1, 0.15) is 5.82 Å². The SMILES string of the molecule is Fc1cccc(Cl)c1CC1=CC(Cl)CC1. The molecule has 0 aliphatic heterocycles. The average Bonchev–Trinajstić information content (AvgIpc) is 2.58. The molecule has 15 heavy (non-hydrogen) atoms. The van der Waals surface area contributed by atoms with E-state index in [-0.39, 0.29) is 11.2 Å². The third kappa shape index (κ3) is 2.53. The van der Waals surface area contributed by atoms with Crippen molar-refractivity contribution in [2.45, 2.75) is 24.6 Å². The lowest BCUT2D eigenvalue weighted by molar-refractivity contribution is 0.612. The van der Waals surface area contributed by atoms with Crippen molar-refractivity contribution in [2.24, 2.45) is 0 Å². The molecule has 0 amide bonds. The lowest BCUT2D eigenvalue weighted by Gasteiger charge is -2.06. The fourth-order valence-electron chi connectivity index (χ4n) is 1.82. The van der Waals surface area contributed by atoms with Crippen LogP contribution in [-0.4, -0.2) is 5.38 Å². The summed E-state index contributed by atoms with van der Waals surface area (Å²) in [5, 5.41) is 0.597. The van der Waals surface area contributed by atoms with Gasteiger partial charge in [0.15, 0.2) is 0 Å². The number of rotatable bonds is 2. The Hall–Kier alpha value is -0.530. The maximum Gasteiger partial charge on any atom is 0.128 e. The molecule has 0 fully saturated rings. The van der Waals surface area contributed by atoms with E-state index in [1.807, 2.05) is 6.08 Å². The van der Waals surface area contributed by atoms with Crippen molar-refractivity contribution in [3.05, 3.63) is 46.3 Å². The lowest BCUT2D eigenvalue weighted by atomic mass is 10.0. The Morgan fingerprint density at radius 1 is 1.40 bits per heavy atom. The van der Waals surface area contributed by atoms with E-state index in [0.29, 0.717) is 17.0 Å². The first kappa shape index (κ1) is 11.0. The maximum atomic E-state index is 13.5. The molecule has 3 heteroatoms. The molecule has 0 N–H and O–H groups in total. The van der Waals surface area contributed by atoms with Crippen molar-refractivity contribution in [3.8, 4) is 0 Å². The molecule has 1 aliphatic rings. The summed E-state index contributed by atoms with van der Waals surface area (Å²) in [4.78, 5) is 0. The van der Waals surface area contributed by atoms with Gasteiger partial charge < -0.3 is 0 Å². The molecule has 1 aromatic rings. The predicted molar refractivity (Wildman–Crippen MR) is 62.1 cm³/mol. The molecule has 1 unspecified atom stereocenters. The van der Waals surface area contributed by atoms with Crippen molar-refractivity contribution < 1.29 is 4.39 Å². The average molecular weight is 245 g/mol. The third-order valence-corrected chi connectivity index (χ3v) is 3.32. The van der Waals surface area contributed by atoms with Gasteiger partial charge >= 0.3 is 0 Å². The van der Waals surface area contributed by atoms with Crippen molar-refractivity contribution in [2.75, 3.05) is 0 Å². The first-order valence-electron chi connectivity index (χ1n) is 4.93. The van der Waals surface area contributed by atoms with E-state index in [0.717, 1.165) is 12.8 Å². The van der Waals surface area contributed by atoms with Crippen LogP contribution in [0.1, 0.15) is 18.4 Å². The van der Waals surface area contributed by atoms with E-state index in [4.69, 9.17) is 23.2 Å². The Morgan fingerprint density at radius 3 is 2.80 bits per heavy atom. The molecule has 1 atom stereocenters. The molecular weight excluding hydrogens is 234 g/mol. The van der Waals surface area contributed by atoms with Gasteiger partial charge in [-0.15, -0.1) is 11.6 Å². The van der Waals surface area contributed by atoms with Gasteiger partial charge in [-0.25, -0.2) is 4.39 Å². The molecule has 0 saturated heterocycles. The molecule has 1 aromatic carbocycles. The molecule has 0 spiro atoms. The second-order valence-corrected chi connectivity index (χ2v) is 4.72. The van der Waals surface area contributed by atoms with Crippen LogP contribution < -0.4 is 0 Å². The van der Waals surface area contributed by atoms with Gasteiger partial charge in [0.05, 0.1) is 5.38 Å². The van der Waals surface area contributed by atoms with E-state index in [1.165, 1.54) is 11.6 Å². The van der Waals surface area contributed by atoms with Crippen molar-refractivity contribution >= 4 is 23.2 Å². The maximum absolute atomic E-state index is 13.5. The van der Waals surface area contributed by atoms with Crippen molar-refractivity contribution in [1.82, 2.24) is 0 Å². The van der Waals surface area contributed by atoms with Gasteiger partial charge in [-0.1, -0.05) is 29.3 Å². The zero-order chi connectivity index (χ0) is 10.8. The summed E-state index contributed by atoms with van der Waals surface area (Å²) in [6.07, 6.45) is 4.47. The molecular formula is C12H11Cl2F. The van der Waals surface area contributed by atoms with E-state index in [1.54, 1.807) is 12.1 Å². The van der Waals surface area contributed by atoms with Gasteiger partial charge in [-0.05, 0) is 31.4 Å². The van der Waals surface area contributed by atoms with E-state index in [9.17, 15) is 4.39 Å². The summed E-state index contributed by atoms with van der Waals surface area (Å²) >= 11 is 11.9. The topological polar surface area (TPSA) is 0 Å². The Labute approximate surface area is 98.7 Å². The normalized spacial score (nSPS) is 20.5. The van der Waals surface area contributed by atoms with Gasteiger partial charge in [0.2, 0.25) is 0 Å². The summed E-state index contributed by atoms with van der Waals surface area (Å²) < 4.78 is 13.5. The number of halogens is 3. The number of benzene rings is 1. The summed E-state index contributed by atoms with van der Waals surface area (Å²) in [5.74, 6) is -0.235. The van der Waals surface area contributed by atoms with Crippen LogP contribution in [-0.2, 0) is 6.42 Å². The Bertz CT molecular complexity index is 378. The van der Waals surface area contributed by atoms with Crippen LogP contribution in [0.4, 0.5) is 4.39 Å². The van der Waals surface area contributed by atoms with E-state index < -0.39 is 0 Å². The molecule has 80 valence electrons. The molecule has 0 heterocycles. The third-order valence-electron chi connectivity index (χ3n) is 2.62. The molecule has 0 bridgehead atoms. The molecule has 0 aromatic heterocycles. The number of hydrogen-bond donors (Lipinski definition) is 0. The first-order chi connectivity index (χ1) is 7.16. The minimum Gasteiger partial charge on any atom is -0.207 e. The zero-order valence-corrected chi connectivity index (χ0v) is 9.65. The van der Waals surface area contributed by atoms with Gasteiger partial charge in [0, 0.05) is 10.6 Å². The number of allylic oxidation sites excluding steroid dienone is 2. The Balaban J connectivity index is 2.21. The van der Waals surface area contributed by atoms with Crippen molar-refractivity contribution in [1.29, 1.82) is 0 Å². The van der Waals surface area contributed by atoms with Crippen LogP contribution in [0.5, 0.6) is 0 Å². The fourth-order valence-corrected chi connectivity index (χ4v) is 2.34. The van der Waals surface area contributed by atoms with E-state index in [2.05, 4.69) is 0 Å². The first-order valence-corrected chi connectivity index (χ1v) is 5.75. The quantitative estimate of drug-likeness (QED) is 0.536. The highest BCUT2D eigenvalue weighted by Gasteiger charge is 2.16. The Kier molecular flexibility index (Phi) is 3.32. The predicted octanol–water partition coefficient (Wildman–Crippen LogP) is 4.35. The highest BCUT2D eigenvalue weighted by molar-refractivity contribution is 6.31. The van der Waals surface area contributed by atoms with Crippen LogP contribution in [0.3, 0.4) is 0 Å². The zero-order valence-electron chi connectivity index (χ0n) is 8.14. The lowest BCUT2D eigenvalue weighted by Crippen LogP contribution is -1.93. The molecule has 0 saturated carbocycles. The number of alkyl halides is 1. The van der Waals surface area contributed by atoms with Gasteiger partial charge in [0.25, 0.3) is 0 Å². The second-order valence-electron chi connectivity index (χ2n) is 3.76. The van der Waals surface area contributed by atoms with Crippen molar-refractivity contribution in [3.63, 3.8) is 0 Å². The standard InChI is InChI=1S/C12H11Cl2F/c13-9-5-4-8(6-9)7-10-11(14)2-1-3-12(10)15/h1-3,6,9H,4-5,7H2. The molecule has 0 radical (unpaired) electrons. The highest BCUT2D eigenvalue weighted by Crippen LogP contribution is 2.29. The summed E-state index contributed by atoms with van der Waals surface area (Å²) in [7, 11) is 0.